The summed E-state index contributed by atoms with van der Waals surface area (Å²) in [6, 6.07) is 3.25. The van der Waals surface area contributed by atoms with Gasteiger partial charge in [-0.25, -0.2) is 0 Å². The third-order valence-electron chi connectivity index (χ3n) is 2.90. The van der Waals surface area contributed by atoms with E-state index < -0.39 is 5.60 Å². The molecule has 0 aliphatic rings. The first-order valence-electron chi connectivity index (χ1n) is 5.67. The number of nitro groups is 1. The van der Waals surface area contributed by atoms with Gasteiger partial charge in [0.25, 0.3) is 0 Å². The molecule has 96 valence electrons. The Hall–Kier alpha value is -0.980. The minimum absolute atomic E-state index is 0.156. The molecule has 17 heavy (non-hydrogen) atoms. The standard InChI is InChI=1S/C11H18N2O3S/c1-3-11(14,4-2)8-12-7-9-5-6-10(17-9)13(15)16/h5-6,12,14H,3-4,7-8H2,1-2H3. The molecule has 0 aromatic carbocycles. The minimum atomic E-state index is -0.677. The lowest BCUT2D eigenvalue weighted by molar-refractivity contribution is -0.380. The van der Waals surface area contributed by atoms with E-state index >= 15 is 0 Å². The van der Waals surface area contributed by atoms with Crippen LogP contribution in [0.3, 0.4) is 0 Å². The summed E-state index contributed by atoms with van der Waals surface area (Å²) in [4.78, 5) is 11.0. The first kappa shape index (κ1) is 14.1. The van der Waals surface area contributed by atoms with Gasteiger partial charge in [0.15, 0.2) is 0 Å². The Balaban J connectivity index is 2.43. The Morgan fingerprint density at radius 3 is 2.59 bits per heavy atom. The number of hydrogen-bond donors (Lipinski definition) is 2. The summed E-state index contributed by atoms with van der Waals surface area (Å²) in [5.74, 6) is 0. The zero-order chi connectivity index (χ0) is 12.9. The van der Waals surface area contributed by atoms with Gasteiger partial charge in [0.1, 0.15) is 0 Å². The fourth-order valence-electron chi connectivity index (χ4n) is 1.48. The van der Waals surface area contributed by atoms with Crippen molar-refractivity contribution in [3.8, 4) is 0 Å². The van der Waals surface area contributed by atoms with E-state index in [1.807, 2.05) is 13.8 Å². The first-order valence-corrected chi connectivity index (χ1v) is 6.48. The third-order valence-corrected chi connectivity index (χ3v) is 3.93. The quantitative estimate of drug-likeness (QED) is 0.581. The van der Waals surface area contributed by atoms with Crippen LogP contribution in [-0.2, 0) is 6.54 Å². The molecular formula is C11H18N2O3S. The summed E-state index contributed by atoms with van der Waals surface area (Å²) in [5.41, 5.74) is -0.677. The van der Waals surface area contributed by atoms with E-state index in [2.05, 4.69) is 5.32 Å². The molecule has 6 heteroatoms. The minimum Gasteiger partial charge on any atom is -0.389 e. The van der Waals surface area contributed by atoms with E-state index in [1.54, 1.807) is 6.07 Å². The van der Waals surface area contributed by atoms with Crippen LogP contribution in [0.2, 0.25) is 0 Å². The predicted octanol–water partition coefficient (Wildman–Crippen LogP) is 2.30. The van der Waals surface area contributed by atoms with Gasteiger partial charge in [-0.3, -0.25) is 10.1 Å². The number of nitrogens with one attached hydrogen (secondary N) is 1. The van der Waals surface area contributed by atoms with E-state index in [0.717, 1.165) is 16.2 Å². The highest BCUT2D eigenvalue weighted by molar-refractivity contribution is 7.15. The van der Waals surface area contributed by atoms with Crippen molar-refractivity contribution in [3.63, 3.8) is 0 Å². The monoisotopic (exact) mass is 258 g/mol. The second-order valence-electron chi connectivity index (χ2n) is 4.03. The molecule has 1 aromatic rings. The third kappa shape index (κ3) is 4.07. The van der Waals surface area contributed by atoms with E-state index in [9.17, 15) is 15.2 Å². The first-order chi connectivity index (χ1) is 8.00. The van der Waals surface area contributed by atoms with E-state index in [4.69, 9.17) is 0 Å². The zero-order valence-electron chi connectivity index (χ0n) is 10.1. The van der Waals surface area contributed by atoms with Crippen LogP contribution < -0.4 is 5.32 Å². The highest BCUT2D eigenvalue weighted by Crippen LogP contribution is 2.23. The SMILES string of the molecule is CCC(O)(CC)CNCc1ccc([N+](=O)[O-])s1. The second-order valence-corrected chi connectivity index (χ2v) is 5.18. The summed E-state index contributed by atoms with van der Waals surface area (Å²) < 4.78 is 0. The summed E-state index contributed by atoms with van der Waals surface area (Å²) in [6.07, 6.45) is 1.39. The molecule has 0 spiro atoms. The molecule has 0 aliphatic heterocycles. The summed E-state index contributed by atoms with van der Waals surface area (Å²) in [5, 5.41) is 23.8. The van der Waals surface area contributed by atoms with Crippen molar-refractivity contribution in [2.75, 3.05) is 6.54 Å². The smallest absolute Gasteiger partial charge is 0.324 e. The van der Waals surface area contributed by atoms with Crippen LogP contribution >= 0.6 is 11.3 Å². The van der Waals surface area contributed by atoms with Crippen LogP contribution in [0.25, 0.3) is 0 Å². The number of rotatable bonds is 7. The Morgan fingerprint density at radius 1 is 1.47 bits per heavy atom. The van der Waals surface area contributed by atoms with Gasteiger partial charge in [0.05, 0.1) is 10.5 Å². The number of nitrogens with zero attached hydrogens (tertiary/aromatic N) is 1. The van der Waals surface area contributed by atoms with Crippen LogP contribution in [-0.4, -0.2) is 22.2 Å². The molecule has 0 radical (unpaired) electrons. The summed E-state index contributed by atoms with van der Waals surface area (Å²) in [7, 11) is 0. The normalized spacial score (nSPS) is 11.7. The lowest BCUT2D eigenvalue weighted by Crippen LogP contribution is -2.39. The van der Waals surface area contributed by atoms with Crippen LogP contribution in [0.1, 0.15) is 31.6 Å². The van der Waals surface area contributed by atoms with Gasteiger partial charge >= 0.3 is 5.00 Å². The molecule has 0 saturated carbocycles. The Labute approximate surface area is 105 Å². The van der Waals surface area contributed by atoms with Crippen molar-refractivity contribution in [1.29, 1.82) is 0 Å². The van der Waals surface area contributed by atoms with Gasteiger partial charge in [-0.1, -0.05) is 25.2 Å². The lowest BCUT2D eigenvalue weighted by atomic mass is 9.98. The van der Waals surface area contributed by atoms with Crippen molar-refractivity contribution in [2.24, 2.45) is 0 Å². The van der Waals surface area contributed by atoms with Crippen molar-refractivity contribution in [3.05, 3.63) is 27.1 Å². The van der Waals surface area contributed by atoms with E-state index in [1.165, 1.54) is 6.07 Å². The second kappa shape index (κ2) is 6.09. The van der Waals surface area contributed by atoms with Gasteiger partial charge < -0.3 is 10.4 Å². The molecule has 1 aromatic heterocycles. The molecule has 0 bridgehead atoms. The maximum Gasteiger partial charge on any atom is 0.324 e. The molecule has 5 nitrogen and oxygen atoms in total. The van der Waals surface area contributed by atoms with Crippen molar-refractivity contribution >= 4 is 16.3 Å². The molecular weight excluding hydrogens is 240 g/mol. The van der Waals surface area contributed by atoms with Gasteiger partial charge in [0, 0.05) is 24.0 Å². The van der Waals surface area contributed by atoms with Crippen LogP contribution in [0, 0.1) is 10.1 Å². The Morgan fingerprint density at radius 2 is 2.12 bits per heavy atom. The highest BCUT2D eigenvalue weighted by atomic mass is 32.1. The maximum absolute atomic E-state index is 10.5. The van der Waals surface area contributed by atoms with Crippen LogP contribution in [0.5, 0.6) is 0 Å². The molecule has 0 fully saturated rings. The number of hydrogen-bond acceptors (Lipinski definition) is 5. The molecule has 0 amide bonds. The van der Waals surface area contributed by atoms with Gasteiger partial charge in [-0.2, -0.15) is 0 Å². The van der Waals surface area contributed by atoms with Crippen molar-refractivity contribution in [1.82, 2.24) is 5.32 Å². The average Bonchev–Trinajstić information content (AvgIpc) is 2.78. The molecule has 0 unspecified atom stereocenters. The van der Waals surface area contributed by atoms with Crippen LogP contribution in [0.4, 0.5) is 5.00 Å². The molecule has 2 N–H and O–H groups in total. The van der Waals surface area contributed by atoms with Gasteiger partial charge in [0.2, 0.25) is 0 Å². The average molecular weight is 258 g/mol. The fraction of sp³-hybridized carbons (Fsp3) is 0.636. The molecule has 0 atom stereocenters. The zero-order valence-corrected chi connectivity index (χ0v) is 10.9. The highest BCUT2D eigenvalue weighted by Gasteiger charge is 2.21. The molecule has 1 rings (SSSR count). The van der Waals surface area contributed by atoms with E-state index in [0.29, 0.717) is 25.9 Å². The van der Waals surface area contributed by atoms with Crippen molar-refractivity contribution < 1.29 is 10.0 Å². The maximum atomic E-state index is 10.5. The summed E-state index contributed by atoms with van der Waals surface area (Å²) in [6.45, 7) is 4.95. The largest absolute Gasteiger partial charge is 0.389 e. The van der Waals surface area contributed by atoms with Gasteiger partial charge in [-0.05, 0) is 18.9 Å². The number of thiophene rings is 1. The summed E-state index contributed by atoms with van der Waals surface area (Å²) >= 11 is 1.16. The fourth-order valence-corrected chi connectivity index (χ4v) is 2.27. The predicted molar refractivity (Wildman–Crippen MR) is 68.2 cm³/mol. The Bertz CT molecular complexity index is 375. The number of aliphatic hydroxyl groups is 1. The van der Waals surface area contributed by atoms with Crippen molar-refractivity contribution in [2.45, 2.75) is 38.8 Å². The topological polar surface area (TPSA) is 75.4 Å². The Kier molecular flexibility index (Phi) is 5.04. The molecule has 0 aliphatic carbocycles. The van der Waals surface area contributed by atoms with Gasteiger partial charge in [-0.15, -0.1) is 0 Å². The lowest BCUT2D eigenvalue weighted by Gasteiger charge is -2.25. The van der Waals surface area contributed by atoms with E-state index in [-0.39, 0.29) is 9.92 Å². The van der Waals surface area contributed by atoms with Crippen LogP contribution in [0.15, 0.2) is 12.1 Å². The molecule has 0 saturated heterocycles. The molecule has 1 heterocycles.